The van der Waals surface area contributed by atoms with Crippen molar-refractivity contribution in [2.24, 2.45) is 0 Å². The van der Waals surface area contributed by atoms with E-state index in [-0.39, 0.29) is 5.91 Å². The predicted octanol–water partition coefficient (Wildman–Crippen LogP) is 3.15. The highest BCUT2D eigenvalue weighted by atomic mass is 16.3. The zero-order valence-electron chi connectivity index (χ0n) is 12.7. The summed E-state index contributed by atoms with van der Waals surface area (Å²) in [6, 6.07) is 15.1. The molecule has 0 atom stereocenters. The van der Waals surface area contributed by atoms with Gasteiger partial charge >= 0.3 is 0 Å². The standard InChI is InChI=1S/C18H21NO2/c1-13-5-4-6-15(11-13)17(20)19-12-14-7-9-16(10-8-14)18(2,3)21/h4-11,21H,12H2,1-3H3,(H,19,20). The number of carbonyl (C=O) groups excluding carboxylic acids is 1. The third-order valence-electron chi connectivity index (χ3n) is 3.39. The van der Waals surface area contributed by atoms with Crippen molar-refractivity contribution in [1.82, 2.24) is 5.32 Å². The zero-order valence-corrected chi connectivity index (χ0v) is 12.7. The Labute approximate surface area is 125 Å². The number of hydrogen-bond acceptors (Lipinski definition) is 2. The Morgan fingerprint density at radius 1 is 1.14 bits per heavy atom. The molecular weight excluding hydrogens is 262 g/mol. The van der Waals surface area contributed by atoms with Crippen molar-refractivity contribution in [3.63, 3.8) is 0 Å². The molecule has 0 aliphatic carbocycles. The van der Waals surface area contributed by atoms with E-state index >= 15 is 0 Å². The summed E-state index contributed by atoms with van der Waals surface area (Å²) in [5, 5.41) is 12.8. The Morgan fingerprint density at radius 3 is 2.38 bits per heavy atom. The highest BCUT2D eigenvalue weighted by Crippen LogP contribution is 2.19. The lowest BCUT2D eigenvalue weighted by Gasteiger charge is -2.18. The molecule has 110 valence electrons. The van der Waals surface area contributed by atoms with E-state index in [1.165, 1.54) is 0 Å². The molecule has 0 heterocycles. The summed E-state index contributed by atoms with van der Waals surface area (Å²) in [5.41, 5.74) is 2.75. The lowest BCUT2D eigenvalue weighted by atomic mass is 9.97. The zero-order chi connectivity index (χ0) is 15.5. The average molecular weight is 283 g/mol. The van der Waals surface area contributed by atoms with Gasteiger partial charge in [0.1, 0.15) is 0 Å². The third-order valence-corrected chi connectivity index (χ3v) is 3.39. The molecule has 0 fully saturated rings. The largest absolute Gasteiger partial charge is 0.386 e. The Bertz CT molecular complexity index is 624. The molecule has 1 amide bonds. The van der Waals surface area contributed by atoms with Gasteiger partial charge in [0.2, 0.25) is 0 Å². The van der Waals surface area contributed by atoms with Crippen LogP contribution in [0.15, 0.2) is 48.5 Å². The van der Waals surface area contributed by atoms with Gasteiger partial charge in [0.15, 0.2) is 0 Å². The summed E-state index contributed by atoms with van der Waals surface area (Å²) in [6.45, 7) is 5.94. The highest BCUT2D eigenvalue weighted by molar-refractivity contribution is 5.94. The minimum Gasteiger partial charge on any atom is -0.386 e. The Kier molecular flexibility index (Phi) is 4.43. The number of aryl methyl sites for hydroxylation is 1. The number of nitrogens with one attached hydrogen (secondary N) is 1. The van der Waals surface area contributed by atoms with Gasteiger partial charge in [0.05, 0.1) is 5.60 Å². The van der Waals surface area contributed by atoms with Crippen molar-refractivity contribution in [3.8, 4) is 0 Å². The van der Waals surface area contributed by atoms with E-state index in [1.807, 2.05) is 49.4 Å². The van der Waals surface area contributed by atoms with Crippen LogP contribution in [0.3, 0.4) is 0 Å². The van der Waals surface area contributed by atoms with E-state index in [1.54, 1.807) is 19.9 Å². The second-order valence-electron chi connectivity index (χ2n) is 5.81. The molecule has 2 aromatic carbocycles. The first-order valence-corrected chi connectivity index (χ1v) is 7.03. The van der Waals surface area contributed by atoms with E-state index in [4.69, 9.17) is 0 Å². The van der Waals surface area contributed by atoms with Gasteiger partial charge in [0, 0.05) is 12.1 Å². The molecule has 0 saturated heterocycles. The molecule has 0 radical (unpaired) electrons. The lowest BCUT2D eigenvalue weighted by molar-refractivity contribution is 0.0785. The maximum atomic E-state index is 12.0. The van der Waals surface area contributed by atoms with Crippen LogP contribution in [0.2, 0.25) is 0 Å². The maximum Gasteiger partial charge on any atom is 0.251 e. The second kappa shape index (κ2) is 6.10. The number of carbonyl (C=O) groups is 1. The summed E-state index contributed by atoms with van der Waals surface area (Å²) >= 11 is 0. The molecule has 3 nitrogen and oxygen atoms in total. The number of aliphatic hydroxyl groups is 1. The van der Waals surface area contributed by atoms with Crippen molar-refractivity contribution in [3.05, 3.63) is 70.8 Å². The fourth-order valence-electron chi connectivity index (χ4n) is 2.10. The summed E-state index contributed by atoms with van der Waals surface area (Å²) in [5.74, 6) is -0.0785. The first-order valence-electron chi connectivity index (χ1n) is 7.03. The van der Waals surface area contributed by atoms with Crippen LogP contribution in [-0.4, -0.2) is 11.0 Å². The summed E-state index contributed by atoms with van der Waals surface area (Å²) in [7, 11) is 0. The molecule has 0 bridgehead atoms. The number of hydrogen-bond donors (Lipinski definition) is 2. The van der Waals surface area contributed by atoms with Crippen molar-refractivity contribution in [2.75, 3.05) is 0 Å². The summed E-state index contributed by atoms with van der Waals surface area (Å²) in [4.78, 5) is 12.0. The smallest absolute Gasteiger partial charge is 0.251 e. The molecule has 0 aliphatic heterocycles. The van der Waals surface area contributed by atoms with E-state index in [0.717, 1.165) is 16.7 Å². The van der Waals surface area contributed by atoms with Gasteiger partial charge in [-0.3, -0.25) is 4.79 Å². The van der Waals surface area contributed by atoms with Crippen molar-refractivity contribution in [1.29, 1.82) is 0 Å². The van der Waals surface area contributed by atoms with Gasteiger partial charge in [-0.05, 0) is 44.0 Å². The van der Waals surface area contributed by atoms with Gasteiger partial charge in [-0.2, -0.15) is 0 Å². The maximum absolute atomic E-state index is 12.0. The molecule has 2 aromatic rings. The first-order chi connectivity index (χ1) is 9.86. The monoisotopic (exact) mass is 283 g/mol. The fourth-order valence-corrected chi connectivity index (χ4v) is 2.10. The van der Waals surface area contributed by atoms with Gasteiger partial charge < -0.3 is 10.4 Å². The van der Waals surface area contributed by atoms with E-state index in [2.05, 4.69) is 5.32 Å². The molecule has 0 spiro atoms. The SMILES string of the molecule is Cc1cccc(C(=O)NCc2ccc(C(C)(C)O)cc2)c1. The molecule has 0 aliphatic rings. The Hall–Kier alpha value is -2.13. The second-order valence-corrected chi connectivity index (χ2v) is 5.81. The fraction of sp³-hybridized carbons (Fsp3) is 0.278. The normalized spacial score (nSPS) is 11.2. The van der Waals surface area contributed by atoms with Crippen LogP contribution in [0.4, 0.5) is 0 Å². The number of benzene rings is 2. The van der Waals surface area contributed by atoms with Crippen molar-refractivity contribution in [2.45, 2.75) is 32.9 Å². The van der Waals surface area contributed by atoms with Gasteiger partial charge in [-0.25, -0.2) is 0 Å². The topological polar surface area (TPSA) is 49.3 Å². The molecule has 2 N–H and O–H groups in total. The van der Waals surface area contributed by atoms with E-state index in [9.17, 15) is 9.90 Å². The average Bonchev–Trinajstić information content (AvgIpc) is 2.44. The van der Waals surface area contributed by atoms with Crippen LogP contribution >= 0.6 is 0 Å². The van der Waals surface area contributed by atoms with Crippen LogP contribution < -0.4 is 5.32 Å². The Morgan fingerprint density at radius 2 is 1.81 bits per heavy atom. The van der Waals surface area contributed by atoms with Crippen LogP contribution in [0.1, 0.15) is 40.9 Å². The van der Waals surface area contributed by atoms with Gasteiger partial charge in [-0.15, -0.1) is 0 Å². The molecule has 3 heteroatoms. The number of amides is 1. The Balaban J connectivity index is 1.98. The van der Waals surface area contributed by atoms with Crippen molar-refractivity contribution >= 4 is 5.91 Å². The van der Waals surface area contributed by atoms with Crippen molar-refractivity contribution < 1.29 is 9.90 Å². The molecule has 21 heavy (non-hydrogen) atoms. The molecule has 0 saturated carbocycles. The van der Waals surface area contributed by atoms with E-state index < -0.39 is 5.60 Å². The minimum atomic E-state index is -0.844. The minimum absolute atomic E-state index is 0.0785. The predicted molar refractivity (Wildman–Crippen MR) is 84.0 cm³/mol. The van der Waals surface area contributed by atoms with Crippen LogP contribution in [0, 0.1) is 6.92 Å². The summed E-state index contributed by atoms with van der Waals surface area (Å²) in [6.07, 6.45) is 0. The molecule has 0 unspecified atom stereocenters. The van der Waals surface area contributed by atoms with Crippen LogP contribution in [0.5, 0.6) is 0 Å². The molecular formula is C18H21NO2. The van der Waals surface area contributed by atoms with Crippen LogP contribution in [0.25, 0.3) is 0 Å². The highest BCUT2D eigenvalue weighted by Gasteiger charge is 2.15. The quantitative estimate of drug-likeness (QED) is 0.905. The third kappa shape index (κ3) is 4.17. The molecule has 0 aromatic heterocycles. The first kappa shape index (κ1) is 15.3. The lowest BCUT2D eigenvalue weighted by Crippen LogP contribution is -2.23. The number of rotatable bonds is 4. The van der Waals surface area contributed by atoms with Gasteiger partial charge in [0.25, 0.3) is 5.91 Å². The van der Waals surface area contributed by atoms with E-state index in [0.29, 0.717) is 12.1 Å². The summed E-state index contributed by atoms with van der Waals surface area (Å²) < 4.78 is 0. The van der Waals surface area contributed by atoms with Crippen LogP contribution in [-0.2, 0) is 12.1 Å². The van der Waals surface area contributed by atoms with Gasteiger partial charge in [-0.1, -0.05) is 42.0 Å². The molecule has 2 rings (SSSR count).